The fourth-order valence-electron chi connectivity index (χ4n) is 4.03. The smallest absolute Gasteiger partial charge is 0.258 e. The molecule has 0 saturated carbocycles. The van der Waals surface area contributed by atoms with Crippen LogP contribution in [0.4, 0.5) is 4.39 Å². The number of hydrogen-bond acceptors (Lipinski definition) is 4. The van der Waals surface area contributed by atoms with Crippen LogP contribution < -0.4 is 4.74 Å². The molecule has 1 aliphatic heterocycles. The Morgan fingerprint density at radius 3 is 2.71 bits per heavy atom. The van der Waals surface area contributed by atoms with E-state index in [1.807, 2.05) is 45.8 Å². The van der Waals surface area contributed by atoms with E-state index in [-0.39, 0.29) is 24.4 Å². The van der Waals surface area contributed by atoms with Gasteiger partial charge >= 0.3 is 0 Å². The molecule has 1 saturated heterocycles. The fourth-order valence-corrected chi connectivity index (χ4v) is 4.03. The van der Waals surface area contributed by atoms with Gasteiger partial charge in [0.2, 0.25) is 0 Å². The second-order valence-corrected chi connectivity index (χ2v) is 7.55. The van der Waals surface area contributed by atoms with Gasteiger partial charge in [-0.1, -0.05) is 30.3 Å². The Balaban J connectivity index is 1.40. The zero-order valence-corrected chi connectivity index (χ0v) is 16.8. The van der Waals surface area contributed by atoms with Crippen molar-refractivity contribution >= 4 is 11.6 Å². The Hall–Kier alpha value is -3.74. The quantitative estimate of drug-likeness (QED) is 0.483. The molecule has 4 aromatic rings. The third kappa shape index (κ3) is 3.74. The monoisotopic (exact) mass is 416 g/mol. The number of fused-ring (bicyclic) bond motifs is 1. The van der Waals surface area contributed by atoms with Crippen LogP contribution in [0.2, 0.25) is 0 Å². The molecule has 0 aliphatic carbocycles. The van der Waals surface area contributed by atoms with E-state index >= 15 is 0 Å². The van der Waals surface area contributed by atoms with Crippen molar-refractivity contribution in [2.75, 3.05) is 6.54 Å². The number of halogens is 1. The molecule has 1 atom stereocenters. The van der Waals surface area contributed by atoms with Gasteiger partial charge in [0.05, 0.1) is 11.6 Å². The number of para-hydroxylation sites is 1. The summed E-state index contributed by atoms with van der Waals surface area (Å²) in [5.74, 6) is 0.894. The molecular formula is C24H21FN4O2. The van der Waals surface area contributed by atoms with Crippen LogP contribution in [-0.4, -0.2) is 31.9 Å². The average molecular weight is 416 g/mol. The predicted octanol–water partition coefficient (Wildman–Crippen LogP) is 4.42. The first-order valence-electron chi connectivity index (χ1n) is 10.3. The van der Waals surface area contributed by atoms with Crippen LogP contribution in [0, 0.1) is 5.82 Å². The minimum Gasteiger partial charge on any atom is -0.488 e. The lowest BCUT2D eigenvalue weighted by Crippen LogP contribution is -2.31. The lowest BCUT2D eigenvalue weighted by molar-refractivity contribution is 0.0724. The molecule has 3 heterocycles. The Kier molecular flexibility index (Phi) is 5.08. The van der Waals surface area contributed by atoms with Crippen molar-refractivity contribution in [2.24, 2.45) is 0 Å². The minimum absolute atomic E-state index is 0.0927. The molecule has 2 aromatic heterocycles. The van der Waals surface area contributed by atoms with E-state index in [9.17, 15) is 9.18 Å². The van der Waals surface area contributed by atoms with E-state index in [1.165, 1.54) is 12.1 Å². The largest absolute Gasteiger partial charge is 0.488 e. The molecule has 2 aromatic carbocycles. The molecule has 156 valence electrons. The van der Waals surface area contributed by atoms with Gasteiger partial charge in [-0.2, -0.15) is 0 Å². The van der Waals surface area contributed by atoms with Crippen LogP contribution in [-0.2, 0) is 6.61 Å². The first-order chi connectivity index (χ1) is 15.2. The van der Waals surface area contributed by atoms with Gasteiger partial charge in [0, 0.05) is 12.7 Å². The van der Waals surface area contributed by atoms with Crippen LogP contribution in [0.1, 0.15) is 40.6 Å². The SMILES string of the molecule is O=C(c1ccccc1OCc1ccc(F)cc1)N1CCC[C@@H]1c1nnc2ccccn12. The van der Waals surface area contributed by atoms with Crippen molar-refractivity contribution in [3.63, 3.8) is 0 Å². The van der Waals surface area contributed by atoms with Crippen molar-refractivity contribution in [1.82, 2.24) is 19.5 Å². The molecule has 0 bridgehead atoms. The van der Waals surface area contributed by atoms with Gasteiger partial charge in [0.1, 0.15) is 18.2 Å². The Morgan fingerprint density at radius 1 is 1.03 bits per heavy atom. The van der Waals surface area contributed by atoms with E-state index < -0.39 is 0 Å². The highest BCUT2D eigenvalue weighted by Gasteiger charge is 2.34. The fraction of sp³-hybridized carbons (Fsp3) is 0.208. The molecule has 5 rings (SSSR count). The summed E-state index contributed by atoms with van der Waals surface area (Å²) in [5, 5.41) is 8.61. The number of amides is 1. The lowest BCUT2D eigenvalue weighted by atomic mass is 10.1. The number of pyridine rings is 1. The summed E-state index contributed by atoms with van der Waals surface area (Å²) in [5.41, 5.74) is 2.10. The molecule has 0 unspecified atom stereocenters. The first-order valence-corrected chi connectivity index (χ1v) is 10.3. The van der Waals surface area contributed by atoms with E-state index in [4.69, 9.17) is 4.74 Å². The van der Waals surface area contributed by atoms with Gasteiger partial charge in [-0.15, -0.1) is 10.2 Å². The van der Waals surface area contributed by atoms with E-state index in [0.717, 1.165) is 29.9 Å². The van der Waals surface area contributed by atoms with Crippen LogP contribution >= 0.6 is 0 Å². The highest BCUT2D eigenvalue weighted by molar-refractivity contribution is 5.97. The highest BCUT2D eigenvalue weighted by atomic mass is 19.1. The third-order valence-electron chi connectivity index (χ3n) is 5.58. The van der Waals surface area contributed by atoms with Crippen LogP contribution in [0.5, 0.6) is 5.75 Å². The zero-order valence-electron chi connectivity index (χ0n) is 16.8. The van der Waals surface area contributed by atoms with E-state index in [0.29, 0.717) is 17.9 Å². The molecule has 1 fully saturated rings. The molecule has 31 heavy (non-hydrogen) atoms. The van der Waals surface area contributed by atoms with Gasteiger partial charge in [-0.05, 0) is 54.8 Å². The van der Waals surface area contributed by atoms with Gasteiger partial charge in [0.15, 0.2) is 11.5 Å². The number of hydrogen-bond donors (Lipinski definition) is 0. The summed E-state index contributed by atoms with van der Waals surface area (Å²) in [6.07, 6.45) is 3.65. The van der Waals surface area contributed by atoms with Gasteiger partial charge in [-0.25, -0.2) is 4.39 Å². The number of aromatic nitrogens is 3. The van der Waals surface area contributed by atoms with Crippen molar-refractivity contribution in [1.29, 1.82) is 0 Å². The van der Waals surface area contributed by atoms with Crippen LogP contribution in [0.3, 0.4) is 0 Å². The Morgan fingerprint density at radius 2 is 1.84 bits per heavy atom. The number of nitrogens with zero attached hydrogens (tertiary/aromatic N) is 4. The summed E-state index contributed by atoms with van der Waals surface area (Å²) in [7, 11) is 0. The standard InChI is InChI=1S/C24H21FN4O2/c25-18-12-10-17(11-13-18)16-31-21-8-2-1-6-19(21)24(30)28-15-5-7-20(28)23-27-26-22-9-3-4-14-29(22)23/h1-4,6,8-14,20H,5,7,15-16H2/t20-/m1/s1. The normalized spacial score (nSPS) is 16.0. The Bertz CT molecular complexity index is 1220. The maximum absolute atomic E-state index is 13.5. The number of carbonyl (C=O) groups excluding carboxylic acids is 1. The zero-order chi connectivity index (χ0) is 21.2. The number of likely N-dealkylation sites (tertiary alicyclic amines) is 1. The van der Waals surface area contributed by atoms with Crippen molar-refractivity contribution in [3.05, 3.63) is 95.7 Å². The molecule has 7 heteroatoms. The number of benzene rings is 2. The predicted molar refractivity (Wildman–Crippen MR) is 113 cm³/mol. The first kappa shape index (κ1) is 19.2. The highest BCUT2D eigenvalue weighted by Crippen LogP contribution is 2.34. The third-order valence-corrected chi connectivity index (χ3v) is 5.58. The number of carbonyl (C=O) groups is 1. The summed E-state index contributed by atoms with van der Waals surface area (Å²) in [6, 6.07) is 19.0. The van der Waals surface area contributed by atoms with E-state index in [2.05, 4.69) is 10.2 Å². The van der Waals surface area contributed by atoms with Crippen molar-refractivity contribution in [3.8, 4) is 5.75 Å². The van der Waals surface area contributed by atoms with Gasteiger partial charge < -0.3 is 9.64 Å². The molecule has 6 nitrogen and oxygen atoms in total. The number of rotatable bonds is 5. The van der Waals surface area contributed by atoms with Crippen molar-refractivity contribution in [2.45, 2.75) is 25.5 Å². The summed E-state index contributed by atoms with van der Waals surface area (Å²) < 4.78 is 21.0. The summed E-state index contributed by atoms with van der Waals surface area (Å²) >= 11 is 0. The van der Waals surface area contributed by atoms with Gasteiger partial charge in [0.25, 0.3) is 5.91 Å². The Labute approximate surface area is 178 Å². The molecule has 1 aliphatic rings. The number of ether oxygens (including phenoxy) is 1. The molecular weight excluding hydrogens is 395 g/mol. The summed E-state index contributed by atoms with van der Waals surface area (Å²) in [4.78, 5) is 15.4. The molecule has 0 N–H and O–H groups in total. The minimum atomic E-state index is -0.291. The lowest BCUT2D eigenvalue weighted by Gasteiger charge is -2.24. The van der Waals surface area contributed by atoms with Crippen LogP contribution in [0.15, 0.2) is 72.9 Å². The molecule has 0 radical (unpaired) electrons. The summed E-state index contributed by atoms with van der Waals surface area (Å²) in [6.45, 7) is 0.903. The second kappa shape index (κ2) is 8.18. The maximum Gasteiger partial charge on any atom is 0.258 e. The van der Waals surface area contributed by atoms with E-state index in [1.54, 1.807) is 24.3 Å². The van der Waals surface area contributed by atoms with Crippen molar-refractivity contribution < 1.29 is 13.9 Å². The second-order valence-electron chi connectivity index (χ2n) is 7.55. The van der Waals surface area contributed by atoms with Crippen LogP contribution in [0.25, 0.3) is 5.65 Å². The topological polar surface area (TPSA) is 59.7 Å². The molecule has 1 amide bonds. The average Bonchev–Trinajstić information content (AvgIpc) is 3.45. The molecule has 0 spiro atoms. The maximum atomic E-state index is 13.5. The van der Waals surface area contributed by atoms with Gasteiger partial charge in [-0.3, -0.25) is 9.20 Å².